The number of ether oxygens (including phenoxy) is 2. The molecule has 1 heterocycles. The minimum Gasteiger partial charge on any atom is -0.439 e. The molecule has 0 aliphatic carbocycles. The highest BCUT2D eigenvalue weighted by atomic mass is 19.1. The van der Waals surface area contributed by atoms with Gasteiger partial charge in [-0.05, 0) is 49.2 Å². The summed E-state index contributed by atoms with van der Waals surface area (Å²) in [5.74, 6) is 0.404. The lowest BCUT2D eigenvalue weighted by atomic mass is 10.2. The summed E-state index contributed by atoms with van der Waals surface area (Å²) in [6.07, 6.45) is 1.78. The maximum atomic E-state index is 12.9. The van der Waals surface area contributed by atoms with E-state index in [1.165, 1.54) is 24.3 Å². The average Bonchev–Trinajstić information content (AvgIpc) is 2.60. The molecule has 0 aliphatic rings. The number of carbonyl (C=O) groups is 1. The molecule has 1 atom stereocenters. The van der Waals surface area contributed by atoms with Gasteiger partial charge in [0.25, 0.3) is 0 Å². The third kappa shape index (κ3) is 5.31. The number of nitrogens with zero attached hydrogens (tertiary/aromatic N) is 1. The van der Waals surface area contributed by atoms with Crippen molar-refractivity contribution in [3.63, 3.8) is 0 Å². The number of hydrogen-bond acceptors (Lipinski definition) is 4. The average molecular weight is 332 g/mol. The van der Waals surface area contributed by atoms with Crippen molar-refractivity contribution in [3.05, 3.63) is 54.0 Å². The molecule has 0 unspecified atom stereocenters. The lowest BCUT2D eigenvalue weighted by Crippen LogP contribution is -2.35. The van der Waals surface area contributed by atoms with Crippen molar-refractivity contribution in [3.8, 4) is 11.6 Å². The van der Waals surface area contributed by atoms with Gasteiger partial charge in [-0.2, -0.15) is 0 Å². The number of benzene rings is 1. The van der Waals surface area contributed by atoms with Gasteiger partial charge in [0, 0.05) is 25.4 Å². The third-order valence-corrected chi connectivity index (χ3v) is 3.33. The van der Waals surface area contributed by atoms with E-state index in [1.54, 1.807) is 18.3 Å². The van der Waals surface area contributed by atoms with Crippen LogP contribution in [0.1, 0.15) is 25.8 Å². The van der Waals surface area contributed by atoms with Gasteiger partial charge in [-0.3, -0.25) is 4.79 Å². The Morgan fingerprint density at radius 1 is 1.25 bits per heavy atom. The first-order valence-electron chi connectivity index (χ1n) is 7.90. The Hall–Kier alpha value is -2.47. The number of hydrogen-bond donors (Lipinski definition) is 1. The molecule has 0 saturated heterocycles. The van der Waals surface area contributed by atoms with Gasteiger partial charge < -0.3 is 14.8 Å². The number of halogens is 1. The molecule has 0 radical (unpaired) electrons. The van der Waals surface area contributed by atoms with Crippen LogP contribution in [0, 0.1) is 5.82 Å². The van der Waals surface area contributed by atoms with Gasteiger partial charge in [0.05, 0.1) is 0 Å². The highest BCUT2D eigenvalue weighted by Crippen LogP contribution is 2.20. The van der Waals surface area contributed by atoms with E-state index < -0.39 is 6.10 Å². The van der Waals surface area contributed by atoms with Gasteiger partial charge >= 0.3 is 0 Å². The van der Waals surface area contributed by atoms with Crippen molar-refractivity contribution in [2.24, 2.45) is 0 Å². The molecule has 6 heteroatoms. The molecule has 2 rings (SSSR count). The molecule has 1 N–H and O–H groups in total. The molecular weight excluding hydrogens is 311 g/mol. The van der Waals surface area contributed by atoms with Crippen LogP contribution in [0.4, 0.5) is 4.39 Å². The van der Waals surface area contributed by atoms with Crippen molar-refractivity contribution in [2.45, 2.75) is 32.9 Å². The first kappa shape index (κ1) is 17.9. The zero-order valence-electron chi connectivity index (χ0n) is 13.8. The Kier molecular flexibility index (Phi) is 6.69. The molecule has 1 aromatic heterocycles. The SMILES string of the molecule is CCO[C@@H](CC)C(=O)NCc1ccnc(Oc2ccc(F)cc2)c1. The normalized spacial score (nSPS) is 11.8. The fourth-order valence-electron chi connectivity index (χ4n) is 2.12. The number of amides is 1. The number of carbonyl (C=O) groups excluding carboxylic acids is 1. The second-order valence-corrected chi connectivity index (χ2v) is 5.13. The summed E-state index contributed by atoms with van der Waals surface area (Å²) in [5.41, 5.74) is 0.849. The minimum atomic E-state index is -0.438. The molecule has 2 aromatic rings. The summed E-state index contributed by atoms with van der Waals surface area (Å²) in [7, 11) is 0. The van der Waals surface area contributed by atoms with Crippen molar-refractivity contribution in [1.29, 1.82) is 0 Å². The Balaban J connectivity index is 1.95. The first-order chi connectivity index (χ1) is 11.6. The third-order valence-electron chi connectivity index (χ3n) is 3.33. The van der Waals surface area contributed by atoms with Crippen LogP contribution in [0.5, 0.6) is 11.6 Å². The van der Waals surface area contributed by atoms with E-state index in [-0.39, 0.29) is 11.7 Å². The van der Waals surface area contributed by atoms with E-state index in [2.05, 4.69) is 10.3 Å². The second kappa shape index (κ2) is 8.98. The maximum Gasteiger partial charge on any atom is 0.249 e. The fraction of sp³-hybridized carbons (Fsp3) is 0.333. The van der Waals surface area contributed by atoms with Crippen LogP contribution in [-0.4, -0.2) is 23.6 Å². The smallest absolute Gasteiger partial charge is 0.249 e. The number of pyridine rings is 1. The molecule has 128 valence electrons. The molecule has 0 fully saturated rings. The lowest BCUT2D eigenvalue weighted by Gasteiger charge is -2.15. The number of aromatic nitrogens is 1. The summed E-state index contributed by atoms with van der Waals surface area (Å²) < 4.78 is 23.8. The Bertz CT molecular complexity index is 662. The molecule has 1 aromatic carbocycles. The van der Waals surface area contributed by atoms with Crippen LogP contribution in [0.15, 0.2) is 42.6 Å². The maximum absolute atomic E-state index is 12.9. The van der Waals surface area contributed by atoms with Crippen LogP contribution in [-0.2, 0) is 16.1 Å². The van der Waals surface area contributed by atoms with Crippen molar-refractivity contribution in [2.75, 3.05) is 6.61 Å². The van der Waals surface area contributed by atoms with Crippen LogP contribution in [0.3, 0.4) is 0 Å². The molecule has 0 saturated carbocycles. The molecule has 1 amide bonds. The van der Waals surface area contributed by atoms with E-state index in [1.807, 2.05) is 13.8 Å². The van der Waals surface area contributed by atoms with E-state index in [4.69, 9.17) is 9.47 Å². The minimum absolute atomic E-state index is 0.142. The highest BCUT2D eigenvalue weighted by Gasteiger charge is 2.15. The van der Waals surface area contributed by atoms with E-state index in [0.29, 0.717) is 31.2 Å². The highest BCUT2D eigenvalue weighted by molar-refractivity contribution is 5.80. The summed E-state index contributed by atoms with van der Waals surface area (Å²) in [6, 6.07) is 9.21. The van der Waals surface area contributed by atoms with Crippen molar-refractivity contribution >= 4 is 5.91 Å². The summed E-state index contributed by atoms with van der Waals surface area (Å²) in [6.45, 7) is 4.61. The summed E-state index contributed by atoms with van der Waals surface area (Å²) in [4.78, 5) is 16.1. The standard InChI is InChI=1S/C18H21FN2O3/c1-3-16(23-4-2)18(22)21-12-13-9-10-20-17(11-13)24-15-7-5-14(19)6-8-15/h5-11,16H,3-4,12H2,1-2H3,(H,21,22)/t16-/m0/s1. The van der Waals surface area contributed by atoms with Crippen molar-refractivity contribution < 1.29 is 18.7 Å². The topological polar surface area (TPSA) is 60.5 Å². The van der Waals surface area contributed by atoms with E-state index in [9.17, 15) is 9.18 Å². The monoisotopic (exact) mass is 332 g/mol. The quantitative estimate of drug-likeness (QED) is 0.804. The Morgan fingerprint density at radius 2 is 2.00 bits per heavy atom. The van der Waals surface area contributed by atoms with Crippen LogP contribution in [0.25, 0.3) is 0 Å². The van der Waals surface area contributed by atoms with Crippen LogP contribution < -0.4 is 10.1 Å². The number of rotatable bonds is 8. The van der Waals surface area contributed by atoms with Crippen LogP contribution >= 0.6 is 0 Å². The largest absolute Gasteiger partial charge is 0.439 e. The van der Waals surface area contributed by atoms with Gasteiger partial charge in [-0.25, -0.2) is 9.37 Å². The predicted molar refractivity (Wildman–Crippen MR) is 88.3 cm³/mol. The van der Waals surface area contributed by atoms with Gasteiger partial charge in [0.2, 0.25) is 11.8 Å². The molecular formula is C18H21FN2O3. The lowest BCUT2D eigenvalue weighted by molar-refractivity contribution is -0.132. The molecule has 5 nitrogen and oxygen atoms in total. The van der Waals surface area contributed by atoms with Gasteiger partial charge in [0.15, 0.2) is 0 Å². The zero-order valence-corrected chi connectivity index (χ0v) is 13.8. The predicted octanol–water partition coefficient (Wildman–Crippen LogP) is 3.44. The Morgan fingerprint density at radius 3 is 2.67 bits per heavy atom. The summed E-state index contributed by atoms with van der Waals surface area (Å²) in [5, 5.41) is 2.84. The molecule has 0 aliphatic heterocycles. The van der Waals surface area contributed by atoms with Gasteiger partial charge in [-0.15, -0.1) is 0 Å². The number of nitrogens with one attached hydrogen (secondary N) is 1. The van der Waals surface area contributed by atoms with E-state index >= 15 is 0 Å². The molecule has 0 spiro atoms. The fourth-order valence-corrected chi connectivity index (χ4v) is 2.12. The Labute approximate surface area is 140 Å². The zero-order chi connectivity index (χ0) is 17.4. The van der Waals surface area contributed by atoms with Gasteiger partial charge in [0.1, 0.15) is 17.7 Å². The first-order valence-corrected chi connectivity index (χ1v) is 7.90. The van der Waals surface area contributed by atoms with Crippen molar-refractivity contribution in [1.82, 2.24) is 10.3 Å². The molecule has 0 bridgehead atoms. The van der Waals surface area contributed by atoms with E-state index in [0.717, 1.165) is 5.56 Å². The van der Waals surface area contributed by atoms with Gasteiger partial charge in [-0.1, -0.05) is 6.92 Å². The summed E-state index contributed by atoms with van der Waals surface area (Å²) >= 11 is 0. The molecule has 24 heavy (non-hydrogen) atoms. The van der Waals surface area contributed by atoms with Crippen LogP contribution in [0.2, 0.25) is 0 Å². The second-order valence-electron chi connectivity index (χ2n) is 5.13.